The van der Waals surface area contributed by atoms with E-state index in [1.165, 1.54) is 7.11 Å². The van der Waals surface area contributed by atoms with Crippen molar-refractivity contribution in [2.24, 2.45) is 0 Å². The van der Waals surface area contributed by atoms with E-state index in [9.17, 15) is 14.4 Å². The summed E-state index contributed by atoms with van der Waals surface area (Å²) in [5, 5.41) is 2.75. The highest BCUT2D eigenvalue weighted by Crippen LogP contribution is 2.36. The van der Waals surface area contributed by atoms with Crippen LogP contribution in [0.5, 0.6) is 0 Å². The monoisotopic (exact) mass is 731 g/mol. The molecule has 2 bridgehead atoms. The maximum atomic E-state index is 13.7. The number of aromatic amines is 3. The van der Waals surface area contributed by atoms with Crippen molar-refractivity contribution in [2.45, 2.75) is 76.1 Å². The standard InChI is InChI=1S/C40H45N9O5/c1-53-40(52)46-30-6-2-3-19-54-23-32-36(47-38(45-32)34-8-5-18-49(34)39(30)51)28-15-11-26(12-16-28)25-9-13-27(14-10-25)31-22-42-37(44-31)33-7-4-17-48(33)35(50)20-29-21-41-24-43-29/h9-16,21-22,24,30,33-34H,2-8,17-20,23H2,1H3,(H,41,43)(H,42,44)(H,45,47)(H,46,52)/t30-,33-,34-/m0/s1. The van der Waals surface area contributed by atoms with E-state index in [4.69, 9.17) is 19.4 Å². The first-order chi connectivity index (χ1) is 26.4. The summed E-state index contributed by atoms with van der Waals surface area (Å²) >= 11 is 0. The summed E-state index contributed by atoms with van der Waals surface area (Å²) in [7, 11) is 1.31. The third kappa shape index (κ3) is 7.38. The lowest BCUT2D eigenvalue weighted by atomic mass is 10.0. The van der Waals surface area contributed by atoms with Crippen LogP contribution in [0, 0.1) is 0 Å². The van der Waals surface area contributed by atoms with Crippen molar-refractivity contribution in [3.8, 4) is 33.6 Å². The lowest BCUT2D eigenvalue weighted by molar-refractivity contribution is -0.134. The number of aromatic nitrogens is 6. The fraction of sp³-hybridized carbons (Fsp3) is 0.400. The van der Waals surface area contributed by atoms with E-state index in [1.54, 1.807) is 12.5 Å². The van der Waals surface area contributed by atoms with Gasteiger partial charge in [-0.3, -0.25) is 9.59 Å². The summed E-state index contributed by atoms with van der Waals surface area (Å²) < 4.78 is 10.9. The molecule has 3 aliphatic heterocycles. The zero-order valence-corrected chi connectivity index (χ0v) is 30.3. The Labute approximate surface area is 313 Å². The Morgan fingerprint density at radius 2 is 1.61 bits per heavy atom. The lowest BCUT2D eigenvalue weighted by Gasteiger charge is -2.28. The molecule has 3 aromatic heterocycles. The van der Waals surface area contributed by atoms with Gasteiger partial charge in [0.1, 0.15) is 17.7 Å². The number of fused-ring (bicyclic) bond motifs is 4. The van der Waals surface area contributed by atoms with Crippen LogP contribution in [-0.2, 0) is 32.1 Å². The summed E-state index contributed by atoms with van der Waals surface area (Å²) in [5.41, 5.74) is 7.53. The molecule has 14 nitrogen and oxygen atoms in total. The summed E-state index contributed by atoms with van der Waals surface area (Å²) in [5.74, 6) is 1.50. The van der Waals surface area contributed by atoms with E-state index in [0.29, 0.717) is 32.6 Å². The number of imidazole rings is 3. The molecule has 2 saturated heterocycles. The second-order valence-corrected chi connectivity index (χ2v) is 14.2. The lowest BCUT2D eigenvalue weighted by Crippen LogP contribution is -2.48. The molecule has 280 valence electrons. The Hall–Kier alpha value is -5.76. The number of rotatable bonds is 7. The smallest absolute Gasteiger partial charge is 0.407 e. The average Bonchev–Trinajstić information content (AvgIpc) is 4.05. The van der Waals surface area contributed by atoms with Gasteiger partial charge in [-0.25, -0.2) is 19.7 Å². The normalized spacial score (nSPS) is 20.5. The molecule has 0 unspecified atom stereocenters. The van der Waals surface area contributed by atoms with Crippen LogP contribution in [0.25, 0.3) is 33.6 Å². The molecule has 5 aromatic rings. The van der Waals surface area contributed by atoms with Crippen LogP contribution in [0.3, 0.4) is 0 Å². The second kappa shape index (κ2) is 15.7. The molecule has 3 aliphatic rings. The number of benzene rings is 2. The van der Waals surface area contributed by atoms with E-state index in [-0.39, 0.29) is 23.9 Å². The third-order valence-corrected chi connectivity index (χ3v) is 10.8. The van der Waals surface area contributed by atoms with Crippen LogP contribution in [0.15, 0.2) is 67.3 Å². The quantitative estimate of drug-likeness (QED) is 0.161. The van der Waals surface area contributed by atoms with Crippen LogP contribution in [0.1, 0.15) is 80.1 Å². The SMILES string of the molecule is COC(=O)N[C@H]1CCCCOCc2[nH]c(nc2-c2ccc(-c3ccc(-c4cnc([C@@H]5CCCN5C(=O)Cc5cnc[nH]5)[nH]4)cc3)cc2)[C@@H]2CCCN2C1=O. The van der Waals surface area contributed by atoms with Gasteiger partial charge in [0.15, 0.2) is 0 Å². The van der Waals surface area contributed by atoms with Crippen LogP contribution < -0.4 is 5.32 Å². The molecular formula is C40H45N9O5. The van der Waals surface area contributed by atoms with Crippen molar-refractivity contribution < 1.29 is 23.9 Å². The van der Waals surface area contributed by atoms with Crippen LogP contribution in [0.2, 0.25) is 0 Å². The van der Waals surface area contributed by atoms with Crippen molar-refractivity contribution in [2.75, 3.05) is 26.8 Å². The fourth-order valence-electron chi connectivity index (χ4n) is 7.94. The highest BCUT2D eigenvalue weighted by Gasteiger charge is 2.37. The van der Waals surface area contributed by atoms with Gasteiger partial charge in [0.2, 0.25) is 11.8 Å². The molecule has 2 fully saturated rings. The predicted octanol–water partition coefficient (Wildman–Crippen LogP) is 5.85. The predicted molar refractivity (Wildman–Crippen MR) is 200 cm³/mol. The minimum absolute atomic E-state index is 0.0691. The second-order valence-electron chi connectivity index (χ2n) is 14.2. The summed E-state index contributed by atoms with van der Waals surface area (Å²) in [6, 6.07) is 15.8. The number of ether oxygens (including phenoxy) is 2. The van der Waals surface area contributed by atoms with Crippen molar-refractivity contribution in [3.63, 3.8) is 0 Å². The number of likely N-dealkylation sites (tertiary alicyclic amines) is 1. The molecule has 0 saturated carbocycles. The highest BCUT2D eigenvalue weighted by molar-refractivity contribution is 5.86. The first-order valence-corrected chi connectivity index (χ1v) is 18.8. The number of nitrogens with zero attached hydrogens (tertiary/aromatic N) is 5. The molecular weight excluding hydrogens is 686 g/mol. The summed E-state index contributed by atoms with van der Waals surface area (Å²) in [6.07, 6.45) is 10.3. The molecule has 4 N–H and O–H groups in total. The van der Waals surface area contributed by atoms with Gasteiger partial charge in [-0.05, 0) is 61.6 Å². The largest absolute Gasteiger partial charge is 0.453 e. The van der Waals surface area contributed by atoms with E-state index in [0.717, 1.165) is 102 Å². The van der Waals surface area contributed by atoms with Gasteiger partial charge in [0.05, 0.1) is 61.8 Å². The zero-order valence-electron chi connectivity index (χ0n) is 30.3. The van der Waals surface area contributed by atoms with E-state index < -0.39 is 12.1 Å². The molecule has 2 aromatic carbocycles. The van der Waals surface area contributed by atoms with Crippen LogP contribution in [-0.4, -0.2) is 90.5 Å². The zero-order chi connectivity index (χ0) is 37.0. The molecule has 8 rings (SSSR count). The van der Waals surface area contributed by atoms with Crippen molar-refractivity contribution in [3.05, 3.63) is 90.3 Å². The van der Waals surface area contributed by atoms with Crippen molar-refractivity contribution in [1.29, 1.82) is 0 Å². The van der Waals surface area contributed by atoms with Crippen LogP contribution >= 0.6 is 0 Å². The van der Waals surface area contributed by atoms with Gasteiger partial charge < -0.3 is 39.5 Å². The number of carbonyl (C=O) groups excluding carboxylic acids is 3. The molecule has 3 atom stereocenters. The van der Waals surface area contributed by atoms with Gasteiger partial charge >= 0.3 is 6.09 Å². The van der Waals surface area contributed by atoms with Gasteiger partial charge in [-0.15, -0.1) is 0 Å². The van der Waals surface area contributed by atoms with E-state index >= 15 is 0 Å². The first-order valence-electron chi connectivity index (χ1n) is 18.8. The van der Waals surface area contributed by atoms with Crippen LogP contribution in [0.4, 0.5) is 4.79 Å². The number of methoxy groups -OCH3 is 1. The summed E-state index contributed by atoms with van der Waals surface area (Å²) in [4.78, 5) is 66.4. The number of alkyl carbamates (subject to hydrolysis) is 1. The molecule has 6 heterocycles. The average molecular weight is 732 g/mol. The van der Waals surface area contributed by atoms with Gasteiger partial charge in [0.25, 0.3) is 0 Å². The molecule has 0 radical (unpaired) electrons. The first kappa shape index (κ1) is 35.3. The Morgan fingerprint density at radius 3 is 2.37 bits per heavy atom. The maximum Gasteiger partial charge on any atom is 0.407 e. The van der Waals surface area contributed by atoms with Crippen molar-refractivity contribution >= 4 is 17.9 Å². The van der Waals surface area contributed by atoms with E-state index in [2.05, 4.69) is 73.8 Å². The number of hydrogen-bond donors (Lipinski definition) is 4. The number of amides is 3. The molecule has 3 amide bonds. The fourth-order valence-corrected chi connectivity index (χ4v) is 7.94. The number of nitrogens with one attached hydrogen (secondary N) is 4. The van der Waals surface area contributed by atoms with Gasteiger partial charge in [0, 0.05) is 37.2 Å². The number of carbonyl (C=O) groups is 3. The topological polar surface area (TPSA) is 174 Å². The third-order valence-electron chi connectivity index (χ3n) is 10.8. The van der Waals surface area contributed by atoms with Gasteiger partial charge in [-0.2, -0.15) is 0 Å². The molecule has 54 heavy (non-hydrogen) atoms. The van der Waals surface area contributed by atoms with E-state index in [1.807, 2.05) is 16.0 Å². The Bertz CT molecular complexity index is 2070. The molecule has 14 heteroatoms. The Kier molecular flexibility index (Phi) is 10.2. The molecule has 0 spiro atoms. The highest BCUT2D eigenvalue weighted by atomic mass is 16.5. The van der Waals surface area contributed by atoms with Gasteiger partial charge in [-0.1, -0.05) is 48.5 Å². The number of H-pyrrole nitrogens is 3. The maximum absolute atomic E-state index is 13.7. The summed E-state index contributed by atoms with van der Waals surface area (Å²) in [6.45, 7) is 2.23. The minimum atomic E-state index is -0.662. The molecule has 0 aliphatic carbocycles. The Balaban J connectivity index is 0.971. The minimum Gasteiger partial charge on any atom is -0.453 e. The Morgan fingerprint density at radius 1 is 0.870 bits per heavy atom. The number of hydrogen-bond acceptors (Lipinski definition) is 8. The van der Waals surface area contributed by atoms with Crippen molar-refractivity contribution in [1.82, 2.24) is 45.0 Å².